The standard InChI is InChI=1S/C21H26N2O2/c1-16-6-3-4-7-18(16)12-21(24)22-14-17-10-11-23(15-17)19-8-5-9-20(13-19)25-2/h3-9,13,17H,10-12,14-15H2,1-2H3,(H,22,24)/t17-/m0/s1. The molecule has 4 nitrogen and oxygen atoms in total. The van der Waals surface area contributed by atoms with Gasteiger partial charge < -0.3 is 15.0 Å². The minimum Gasteiger partial charge on any atom is -0.497 e. The summed E-state index contributed by atoms with van der Waals surface area (Å²) in [6, 6.07) is 16.2. The first kappa shape index (κ1) is 17.3. The van der Waals surface area contributed by atoms with Crippen molar-refractivity contribution in [3.63, 3.8) is 0 Å². The molecule has 1 saturated heterocycles. The summed E-state index contributed by atoms with van der Waals surface area (Å²) >= 11 is 0. The van der Waals surface area contributed by atoms with E-state index in [1.54, 1.807) is 7.11 Å². The Balaban J connectivity index is 1.48. The summed E-state index contributed by atoms with van der Waals surface area (Å²) in [6.45, 7) is 4.78. The van der Waals surface area contributed by atoms with Gasteiger partial charge in [0, 0.05) is 31.4 Å². The molecule has 2 aromatic rings. The third-order valence-corrected chi connectivity index (χ3v) is 4.90. The molecule has 1 aliphatic rings. The van der Waals surface area contributed by atoms with Crippen LogP contribution in [-0.4, -0.2) is 32.7 Å². The predicted molar refractivity (Wildman–Crippen MR) is 101 cm³/mol. The van der Waals surface area contributed by atoms with Crippen molar-refractivity contribution in [3.8, 4) is 5.75 Å². The van der Waals surface area contributed by atoms with Crippen LogP contribution in [0, 0.1) is 12.8 Å². The molecule has 4 heteroatoms. The van der Waals surface area contributed by atoms with Gasteiger partial charge in [0.2, 0.25) is 5.91 Å². The molecule has 0 radical (unpaired) electrons. The SMILES string of the molecule is COc1cccc(N2CC[C@@H](CNC(=O)Cc3ccccc3C)C2)c1. The Bertz CT molecular complexity index is 729. The number of hydrogen-bond acceptors (Lipinski definition) is 3. The van der Waals surface area contributed by atoms with Crippen molar-refractivity contribution in [2.45, 2.75) is 19.8 Å². The number of hydrogen-bond donors (Lipinski definition) is 1. The molecular weight excluding hydrogens is 312 g/mol. The molecule has 0 unspecified atom stereocenters. The van der Waals surface area contributed by atoms with Crippen molar-refractivity contribution in [1.29, 1.82) is 0 Å². The number of amides is 1. The second-order valence-corrected chi connectivity index (χ2v) is 6.71. The molecule has 1 amide bonds. The Labute approximate surface area is 149 Å². The van der Waals surface area contributed by atoms with Crippen LogP contribution in [0.5, 0.6) is 5.75 Å². The zero-order valence-electron chi connectivity index (χ0n) is 15.0. The molecule has 1 N–H and O–H groups in total. The average molecular weight is 338 g/mol. The van der Waals surface area contributed by atoms with Gasteiger partial charge in [0.1, 0.15) is 5.75 Å². The molecule has 0 aliphatic carbocycles. The van der Waals surface area contributed by atoms with E-state index in [9.17, 15) is 4.79 Å². The van der Waals surface area contributed by atoms with E-state index in [1.807, 2.05) is 43.3 Å². The number of nitrogens with zero attached hydrogens (tertiary/aromatic N) is 1. The highest BCUT2D eigenvalue weighted by atomic mass is 16.5. The summed E-state index contributed by atoms with van der Waals surface area (Å²) in [5.74, 6) is 1.48. The van der Waals surface area contributed by atoms with Crippen LogP contribution >= 0.6 is 0 Å². The quantitative estimate of drug-likeness (QED) is 0.879. The third-order valence-electron chi connectivity index (χ3n) is 4.90. The molecular formula is C21H26N2O2. The van der Waals surface area contributed by atoms with Crippen LogP contribution in [-0.2, 0) is 11.2 Å². The van der Waals surface area contributed by atoms with Crippen LogP contribution < -0.4 is 15.0 Å². The summed E-state index contributed by atoms with van der Waals surface area (Å²) in [7, 11) is 1.69. The van der Waals surface area contributed by atoms with E-state index in [-0.39, 0.29) is 5.91 Å². The van der Waals surface area contributed by atoms with E-state index >= 15 is 0 Å². The summed E-state index contributed by atoms with van der Waals surface area (Å²) in [5, 5.41) is 3.10. The maximum atomic E-state index is 12.2. The Kier molecular flexibility index (Phi) is 5.59. The van der Waals surface area contributed by atoms with Gasteiger partial charge >= 0.3 is 0 Å². The van der Waals surface area contributed by atoms with Crippen LogP contribution in [0.4, 0.5) is 5.69 Å². The number of methoxy groups -OCH3 is 1. The normalized spacial score (nSPS) is 16.7. The summed E-state index contributed by atoms with van der Waals surface area (Å²) in [6.07, 6.45) is 1.56. The fourth-order valence-corrected chi connectivity index (χ4v) is 3.34. The van der Waals surface area contributed by atoms with Crippen molar-refractivity contribution in [2.24, 2.45) is 5.92 Å². The maximum absolute atomic E-state index is 12.2. The lowest BCUT2D eigenvalue weighted by Crippen LogP contribution is -2.32. The zero-order valence-corrected chi connectivity index (χ0v) is 15.0. The molecule has 2 aromatic carbocycles. The first-order chi connectivity index (χ1) is 12.2. The van der Waals surface area contributed by atoms with Crippen molar-refractivity contribution in [1.82, 2.24) is 5.32 Å². The van der Waals surface area contributed by atoms with Crippen molar-refractivity contribution in [2.75, 3.05) is 31.6 Å². The van der Waals surface area contributed by atoms with Crippen molar-refractivity contribution >= 4 is 11.6 Å². The van der Waals surface area contributed by atoms with E-state index in [2.05, 4.69) is 22.3 Å². The Hall–Kier alpha value is -2.49. The number of nitrogens with one attached hydrogen (secondary N) is 1. The number of anilines is 1. The smallest absolute Gasteiger partial charge is 0.224 e. The van der Waals surface area contributed by atoms with Crippen LogP contribution in [0.2, 0.25) is 0 Å². The molecule has 0 saturated carbocycles. The molecule has 3 rings (SSSR count). The number of aryl methyl sites for hydroxylation is 1. The van der Waals surface area contributed by atoms with Gasteiger partial charge in [-0.3, -0.25) is 4.79 Å². The fraction of sp³-hybridized carbons (Fsp3) is 0.381. The molecule has 1 aliphatic heterocycles. The molecule has 0 bridgehead atoms. The van der Waals surface area contributed by atoms with Gasteiger partial charge in [-0.05, 0) is 42.5 Å². The van der Waals surface area contributed by atoms with E-state index in [4.69, 9.17) is 4.74 Å². The molecule has 1 atom stereocenters. The van der Waals surface area contributed by atoms with Gasteiger partial charge in [-0.25, -0.2) is 0 Å². The van der Waals surface area contributed by atoms with E-state index in [1.165, 1.54) is 11.3 Å². The first-order valence-electron chi connectivity index (χ1n) is 8.86. The predicted octanol–water partition coefficient (Wildman–Crippen LogP) is 3.19. The van der Waals surface area contributed by atoms with Crippen LogP contribution in [0.25, 0.3) is 0 Å². The second-order valence-electron chi connectivity index (χ2n) is 6.71. The average Bonchev–Trinajstić information content (AvgIpc) is 3.11. The minimum atomic E-state index is 0.106. The Morgan fingerprint density at radius 3 is 2.88 bits per heavy atom. The van der Waals surface area contributed by atoms with E-state index in [0.717, 1.165) is 37.4 Å². The monoisotopic (exact) mass is 338 g/mol. The first-order valence-corrected chi connectivity index (χ1v) is 8.86. The minimum absolute atomic E-state index is 0.106. The van der Waals surface area contributed by atoms with Crippen LogP contribution in [0.15, 0.2) is 48.5 Å². The highest BCUT2D eigenvalue weighted by molar-refractivity contribution is 5.78. The number of rotatable bonds is 6. The van der Waals surface area contributed by atoms with Crippen LogP contribution in [0.1, 0.15) is 17.5 Å². The largest absolute Gasteiger partial charge is 0.497 e. The Morgan fingerprint density at radius 1 is 1.24 bits per heavy atom. The molecule has 1 fully saturated rings. The lowest BCUT2D eigenvalue weighted by molar-refractivity contribution is -0.120. The summed E-state index contributed by atoms with van der Waals surface area (Å²) in [4.78, 5) is 14.6. The highest BCUT2D eigenvalue weighted by Gasteiger charge is 2.23. The summed E-state index contributed by atoms with van der Waals surface area (Å²) < 4.78 is 5.30. The lowest BCUT2D eigenvalue weighted by Gasteiger charge is -2.19. The van der Waals surface area contributed by atoms with E-state index < -0.39 is 0 Å². The Morgan fingerprint density at radius 2 is 2.08 bits per heavy atom. The lowest BCUT2D eigenvalue weighted by atomic mass is 10.1. The number of carbonyl (C=O) groups excluding carboxylic acids is 1. The molecule has 0 spiro atoms. The third kappa shape index (κ3) is 4.53. The zero-order chi connectivity index (χ0) is 17.6. The topological polar surface area (TPSA) is 41.6 Å². The maximum Gasteiger partial charge on any atom is 0.224 e. The van der Waals surface area contributed by atoms with Crippen LogP contribution in [0.3, 0.4) is 0 Å². The van der Waals surface area contributed by atoms with E-state index in [0.29, 0.717) is 12.3 Å². The molecule has 1 heterocycles. The van der Waals surface area contributed by atoms with Crippen molar-refractivity contribution in [3.05, 3.63) is 59.7 Å². The summed E-state index contributed by atoms with van der Waals surface area (Å²) in [5.41, 5.74) is 3.46. The second kappa shape index (κ2) is 8.06. The van der Waals surface area contributed by atoms with Gasteiger partial charge in [0.15, 0.2) is 0 Å². The number of carbonyl (C=O) groups is 1. The van der Waals surface area contributed by atoms with Gasteiger partial charge in [-0.2, -0.15) is 0 Å². The molecule has 0 aromatic heterocycles. The number of ether oxygens (including phenoxy) is 1. The highest BCUT2D eigenvalue weighted by Crippen LogP contribution is 2.26. The van der Waals surface area contributed by atoms with Gasteiger partial charge in [0.05, 0.1) is 13.5 Å². The van der Waals surface area contributed by atoms with Gasteiger partial charge in [-0.15, -0.1) is 0 Å². The van der Waals surface area contributed by atoms with Gasteiger partial charge in [0.25, 0.3) is 0 Å². The van der Waals surface area contributed by atoms with Gasteiger partial charge in [-0.1, -0.05) is 30.3 Å². The fourth-order valence-electron chi connectivity index (χ4n) is 3.34. The van der Waals surface area contributed by atoms with Crippen molar-refractivity contribution < 1.29 is 9.53 Å². The molecule has 25 heavy (non-hydrogen) atoms. The number of benzene rings is 2. The molecule has 132 valence electrons.